The molecule has 0 amide bonds. The maximum Gasteiger partial charge on any atom is 0.110 e. The fourth-order valence-corrected chi connectivity index (χ4v) is 0.837. The number of unbranched alkanes of at least 4 members (excludes halogenated alkanes) is 1. The van der Waals surface area contributed by atoms with Crippen molar-refractivity contribution < 1.29 is 4.74 Å². The molecule has 2 heteroatoms. The van der Waals surface area contributed by atoms with E-state index in [1.165, 1.54) is 19.3 Å². The second-order valence-electron chi connectivity index (χ2n) is 2.46. The number of hydrogen-bond acceptors (Lipinski definition) is 2. The first kappa shape index (κ1) is 7.03. The zero-order chi connectivity index (χ0) is 6.53. The Labute approximate surface area is 56.6 Å². The van der Waals surface area contributed by atoms with Crippen LogP contribution in [0.25, 0.3) is 0 Å². The van der Waals surface area contributed by atoms with Crippen molar-refractivity contribution >= 4 is 0 Å². The Hall–Kier alpha value is -0.0800. The highest BCUT2D eigenvalue weighted by Gasteiger charge is 2.15. The van der Waals surface area contributed by atoms with Gasteiger partial charge < -0.3 is 4.74 Å². The molecule has 0 aliphatic carbocycles. The van der Waals surface area contributed by atoms with Gasteiger partial charge in [0, 0.05) is 6.42 Å². The third-order valence-corrected chi connectivity index (χ3v) is 1.60. The zero-order valence-corrected chi connectivity index (χ0v) is 6.02. The lowest BCUT2D eigenvalue weighted by Gasteiger charge is -2.27. The monoisotopic (exact) mass is 129 g/mol. The summed E-state index contributed by atoms with van der Waals surface area (Å²) in [5.74, 6) is 0. The fraction of sp³-hybridized carbons (Fsp3) is 1.00. The van der Waals surface area contributed by atoms with Crippen LogP contribution in [0.2, 0.25) is 0 Å². The van der Waals surface area contributed by atoms with Gasteiger partial charge in [-0.15, -0.1) is 0 Å². The number of hydrogen-bond donors (Lipinski definition) is 1. The molecule has 0 saturated carbocycles. The zero-order valence-electron chi connectivity index (χ0n) is 6.02. The molecule has 1 aliphatic heterocycles. The Kier molecular flexibility index (Phi) is 3.01. The van der Waals surface area contributed by atoms with Gasteiger partial charge in [-0.25, -0.2) is 0 Å². The van der Waals surface area contributed by atoms with Gasteiger partial charge in [0.2, 0.25) is 0 Å². The van der Waals surface area contributed by atoms with Crippen LogP contribution in [-0.4, -0.2) is 19.4 Å². The molecule has 0 bridgehead atoms. The highest BCUT2D eigenvalue weighted by atomic mass is 16.5. The van der Waals surface area contributed by atoms with Crippen molar-refractivity contribution in [3.8, 4) is 0 Å². The van der Waals surface area contributed by atoms with E-state index in [0.717, 1.165) is 13.2 Å². The standard InChI is InChI=1S/C7H15NO/c1-2-3-5-8-7-4-6-9-7/h7-8H,2-6H2,1H3. The minimum Gasteiger partial charge on any atom is -0.363 e. The van der Waals surface area contributed by atoms with E-state index in [0.29, 0.717) is 6.23 Å². The Morgan fingerprint density at radius 1 is 1.67 bits per heavy atom. The quantitative estimate of drug-likeness (QED) is 0.574. The molecule has 1 fully saturated rings. The van der Waals surface area contributed by atoms with Gasteiger partial charge in [-0.05, 0) is 13.0 Å². The first-order valence-corrected chi connectivity index (χ1v) is 3.78. The molecular weight excluding hydrogens is 114 g/mol. The summed E-state index contributed by atoms with van der Waals surface area (Å²) >= 11 is 0. The largest absolute Gasteiger partial charge is 0.363 e. The molecule has 1 aliphatic rings. The van der Waals surface area contributed by atoms with E-state index in [2.05, 4.69) is 12.2 Å². The maximum atomic E-state index is 5.17. The maximum absolute atomic E-state index is 5.17. The van der Waals surface area contributed by atoms with Crippen LogP contribution in [-0.2, 0) is 4.74 Å². The lowest BCUT2D eigenvalue weighted by molar-refractivity contribution is -0.0703. The Bertz CT molecular complexity index is 71.3. The van der Waals surface area contributed by atoms with E-state index in [-0.39, 0.29) is 0 Å². The molecule has 1 heterocycles. The third kappa shape index (κ3) is 2.33. The van der Waals surface area contributed by atoms with Crippen molar-refractivity contribution in [1.82, 2.24) is 5.32 Å². The molecule has 54 valence electrons. The first-order chi connectivity index (χ1) is 4.43. The molecule has 1 atom stereocenters. The molecular formula is C7H15NO. The van der Waals surface area contributed by atoms with Crippen molar-refractivity contribution in [1.29, 1.82) is 0 Å². The predicted molar refractivity (Wildman–Crippen MR) is 37.3 cm³/mol. The summed E-state index contributed by atoms with van der Waals surface area (Å²) in [6.07, 6.45) is 4.11. The second kappa shape index (κ2) is 3.85. The van der Waals surface area contributed by atoms with E-state index in [9.17, 15) is 0 Å². The summed E-state index contributed by atoms with van der Waals surface area (Å²) in [5, 5.41) is 3.30. The van der Waals surface area contributed by atoms with Crippen molar-refractivity contribution in [2.45, 2.75) is 32.4 Å². The van der Waals surface area contributed by atoms with Gasteiger partial charge >= 0.3 is 0 Å². The summed E-state index contributed by atoms with van der Waals surface area (Å²) in [7, 11) is 0. The molecule has 0 radical (unpaired) electrons. The Balaban J connectivity index is 1.80. The summed E-state index contributed by atoms with van der Waals surface area (Å²) in [4.78, 5) is 0. The van der Waals surface area contributed by atoms with Gasteiger partial charge in [0.25, 0.3) is 0 Å². The van der Waals surface area contributed by atoms with Crippen LogP contribution < -0.4 is 5.32 Å². The van der Waals surface area contributed by atoms with Crippen LogP contribution in [0.5, 0.6) is 0 Å². The lowest BCUT2D eigenvalue weighted by atomic mass is 10.3. The van der Waals surface area contributed by atoms with E-state index in [4.69, 9.17) is 4.74 Å². The van der Waals surface area contributed by atoms with Gasteiger partial charge in [-0.1, -0.05) is 13.3 Å². The number of nitrogens with one attached hydrogen (secondary N) is 1. The molecule has 0 aromatic heterocycles. The number of rotatable bonds is 4. The molecule has 0 aromatic carbocycles. The van der Waals surface area contributed by atoms with Crippen molar-refractivity contribution in [2.75, 3.05) is 13.2 Å². The van der Waals surface area contributed by atoms with Crippen LogP contribution in [0.3, 0.4) is 0 Å². The minimum atomic E-state index is 0.386. The van der Waals surface area contributed by atoms with Crippen molar-refractivity contribution in [2.24, 2.45) is 0 Å². The Morgan fingerprint density at radius 2 is 2.44 bits per heavy atom. The molecule has 1 rings (SSSR count). The highest BCUT2D eigenvalue weighted by Crippen LogP contribution is 2.06. The second-order valence-corrected chi connectivity index (χ2v) is 2.46. The summed E-state index contributed by atoms with van der Waals surface area (Å²) < 4.78 is 5.17. The fourth-order valence-electron chi connectivity index (χ4n) is 0.837. The van der Waals surface area contributed by atoms with E-state index < -0.39 is 0 Å². The molecule has 1 N–H and O–H groups in total. The average molecular weight is 129 g/mol. The molecule has 9 heavy (non-hydrogen) atoms. The SMILES string of the molecule is CCCCNC1CCO1. The summed E-state index contributed by atoms with van der Waals surface area (Å²) in [5.41, 5.74) is 0. The van der Waals surface area contributed by atoms with Crippen LogP contribution >= 0.6 is 0 Å². The topological polar surface area (TPSA) is 21.3 Å². The molecule has 0 spiro atoms. The van der Waals surface area contributed by atoms with E-state index >= 15 is 0 Å². The smallest absolute Gasteiger partial charge is 0.110 e. The van der Waals surface area contributed by atoms with Crippen molar-refractivity contribution in [3.63, 3.8) is 0 Å². The molecule has 1 saturated heterocycles. The predicted octanol–water partition coefficient (Wildman–Crippen LogP) is 1.12. The lowest BCUT2D eigenvalue weighted by Crippen LogP contribution is -2.41. The number of ether oxygens (including phenoxy) is 1. The Morgan fingerprint density at radius 3 is 2.89 bits per heavy atom. The first-order valence-electron chi connectivity index (χ1n) is 3.78. The molecule has 0 aromatic rings. The van der Waals surface area contributed by atoms with E-state index in [1.807, 2.05) is 0 Å². The molecule has 2 nitrogen and oxygen atoms in total. The van der Waals surface area contributed by atoms with Gasteiger partial charge in [0.15, 0.2) is 0 Å². The van der Waals surface area contributed by atoms with Gasteiger partial charge in [-0.2, -0.15) is 0 Å². The van der Waals surface area contributed by atoms with E-state index in [1.54, 1.807) is 0 Å². The van der Waals surface area contributed by atoms with Gasteiger partial charge in [-0.3, -0.25) is 5.32 Å². The summed E-state index contributed by atoms with van der Waals surface area (Å²) in [6, 6.07) is 0. The van der Waals surface area contributed by atoms with Gasteiger partial charge in [0.1, 0.15) is 6.23 Å². The van der Waals surface area contributed by atoms with Gasteiger partial charge in [0.05, 0.1) is 6.61 Å². The summed E-state index contributed by atoms with van der Waals surface area (Å²) in [6.45, 7) is 4.26. The van der Waals surface area contributed by atoms with Crippen LogP contribution in [0, 0.1) is 0 Å². The van der Waals surface area contributed by atoms with Crippen LogP contribution in [0.1, 0.15) is 26.2 Å². The van der Waals surface area contributed by atoms with Crippen molar-refractivity contribution in [3.05, 3.63) is 0 Å². The normalized spacial score (nSPS) is 25.7. The third-order valence-electron chi connectivity index (χ3n) is 1.60. The highest BCUT2D eigenvalue weighted by molar-refractivity contribution is 4.62. The van der Waals surface area contributed by atoms with Crippen LogP contribution in [0.4, 0.5) is 0 Å². The average Bonchev–Trinajstić information content (AvgIpc) is 1.76. The van der Waals surface area contributed by atoms with Crippen LogP contribution in [0.15, 0.2) is 0 Å². The molecule has 1 unspecified atom stereocenters. The minimum absolute atomic E-state index is 0.386.